The highest BCUT2D eigenvalue weighted by molar-refractivity contribution is 6.31. The first kappa shape index (κ1) is 24.1. The smallest absolute Gasteiger partial charge is 0.343 e. The number of fused-ring (bicyclic) bond motifs is 1. The number of nitriles is 1. The van der Waals surface area contributed by atoms with E-state index >= 15 is 0 Å². The number of hydrogen-bond donors (Lipinski definition) is 1. The van der Waals surface area contributed by atoms with E-state index < -0.39 is 17.7 Å². The van der Waals surface area contributed by atoms with Gasteiger partial charge >= 0.3 is 5.97 Å². The highest BCUT2D eigenvalue weighted by atomic mass is 35.5. The van der Waals surface area contributed by atoms with Crippen LogP contribution in [0.4, 0.5) is 4.39 Å². The molecular formula is C27H22ClFN2O4. The zero-order valence-electron chi connectivity index (χ0n) is 18.9. The van der Waals surface area contributed by atoms with E-state index in [0.717, 1.165) is 12.8 Å². The van der Waals surface area contributed by atoms with E-state index in [2.05, 4.69) is 6.92 Å². The molecule has 3 aromatic rings. The third-order valence-corrected chi connectivity index (χ3v) is 5.86. The van der Waals surface area contributed by atoms with E-state index in [1.54, 1.807) is 36.4 Å². The molecule has 178 valence electrons. The maximum absolute atomic E-state index is 14.8. The van der Waals surface area contributed by atoms with Gasteiger partial charge in [-0.2, -0.15) is 5.26 Å². The van der Waals surface area contributed by atoms with Gasteiger partial charge in [-0.25, -0.2) is 9.18 Å². The van der Waals surface area contributed by atoms with Crippen LogP contribution in [0, 0.1) is 17.1 Å². The lowest BCUT2D eigenvalue weighted by Crippen LogP contribution is -2.22. The monoisotopic (exact) mass is 492 g/mol. The van der Waals surface area contributed by atoms with Gasteiger partial charge in [-0.15, -0.1) is 0 Å². The van der Waals surface area contributed by atoms with Crippen LogP contribution in [0.2, 0.25) is 5.02 Å². The minimum absolute atomic E-state index is 0.0362. The Balaban J connectivity index is 1.63. The first-order chi connectivity index (χ1) is 16.9. The minimum Gasteiger partial charge on any atom is -0.494 e. The number of unbranched alkanes of at least 4 members (excludes halogenated alkanes) is 1. The number of halogens is 2. The van der Waals surface area contributed by atoms with Gasteiger partial charge in [0.1, 0.15) is 34.7 Å². The Morgan fingerprint density at radius 3 is 2.71 bits per heavy atom. The molecule has 0 fully saturated rings. The van der Waals surface area contributed by atoms with Gasteiger partial charge in [0.2, 0.25) is 5.88 Å². The summed E-state index contributed by atoms with van der Waals surface area (Å²) < 4.78 is 31.6. The number of carbonyl (C=O) groups is 1. The Morgan fingerprint density at radius 1 is 1.17 bits per heavy atom. The summed E-state index contributed by atoms with van der Waals surface area (Å²) in [5.74, 6) is -1.22. The standard InChI is InChI=1S/C27H22ClFN2O4/c1-2-3-12-33-17-7-4-6-16(13-17)27(32)34-18-10-11-19-23(14-18)35-26(31)20(15-30)24(19)25-21(28)8-5-9-22(25)29/h4-11,13-14,24H,2-3,12,31H2,1H3. The zero-order chi connectivity index (χ0) is 24.9. The SMILES string of the molecule is CCCCOc1cccc(C(=O)Oc2ccc3c(c2)OC(N)=C(C#N)C3c2c(F)cccc2Cl)c1. The van der Waals surface area contributed by atoms with Crippen molar-refractivity contribution in [2.24, 2.45) is 5.73 Å². The average Bonchev–Trinajstić information content (AvgIpc) is 2.84. The number of nitrogens with two attached hydrogens (primary N) is 1. The molecule has 0 saturated carbocycles. The summed E-state index contributed by atoms with van der Waals surface area (Å²) in [7, 11) is 0. The Hall–Kier alpha value is -4.02. The van der Waals surface area contributed by atoms with Gasteiger partial charge in [0.25, 0.3) is 0 Å². The largest absolute Gasteiger partial charge is 0.494 e. The molecule has 1 heterocycles. The Kier molecular flexibility index (Phi) is 7.23. The molecule has 1 unspecified atom stereocenters. The summed E-state index contributed by atoms with van der Waals surface area (Å²) in [6.45, 7) is 2.63. The summed E-state index contributed by atoms with van der Waals surface area (Å²) in [4.78, 5) is 12.7. The van der Waals surface area contributed by atoms with Crippen molar-refractivity contribution in [2.45, 2.75) is 25.7 Å². The van der Waals surface area contributed by atoms with Gasteiger partial charge in [0, 0.05) is 22.2 Å². The summed E-state index contributed by atoms with van der Waals surface area (Å²) in [5, 5.41) is 9.83. The molecule has 3 aromatic carbocycles. The normalized spacial score (nSPS) is 14.5. The van der Waals surface area contributed by atoms with E-state index in [-0.39, 0.29) is 33.5 Å². The molecule has 1 aliphatic heterocycles. The Morgan fingerprint density at radius 2 is 1.97 bits per heavy atom. The number of benzene rings is 3. The van der Waals surface area contributed by atoms with Crippen molar-refractivity contribution >= 4 is 17.6 Å². The van der Waals surface area contributed by atoms with Crippen LogP contribution in [-0.2, 0) is 0 Å². The first-order valence-corrected chi connectivity index (χ1v) is 11.4. The first-order valence-electron chi connectivity index (χ1n) is 11.0. The molecule has 35 heavy (non-hydrogen) atoms. The molecule has 0 saturated heterocycles. The number of carbonyl (C=O) groups excluding carboxylic acids is 1. The van der Waals surface area contributed by atoms with Crippen molar-refractivity contribution < 1.29 is 23.4 Å². The third-order valence-electron chi connectivity index (χ3n) is 5.53. The van der Waals surface area contributed by atoms with Crippen molar-refractivity contribution in [3.8, 4) is 23.3 Å². The second-order valence-electron chi connectivity index (χ2n) is 7.88. The predicted molar refractivity (Wildman–Crippen MR) is 129 cm³/mol. The second-order valence-corrected chi connectivity index (χ2v) is 8.29. The van der Waals surface area contributed by atoms with Gasteiger partial charge in [-0.05, 0) is 42.8 Å². The van der Waals surface area contributed by atoms with Gasteiger partial charge in [0.15, 0.2) is 0 Å². The van der Waals surface area contributed by atoms with Crippen molar-refractivity contribution in [1.82, 2.24) is 0 Å². The number of ether oxygens (including phenoxy) is 3. The van der Waals surface area contributed by atoms with Gasteiger partial charge < -0.3 is 19.9 Å². The summed E-state index contributed by atoms with van der Waals surface area (Å²) in [6.07, 6.45) is 1.91. The van der Waals surface area contributed by atoms with Crippen molar-refractivity contribution in [3.63, 3.8) is 0 Å². The zero-order valence-corrected chi connectivity index (χ0v) is 19.6. The Bertz CT molecular complexity index is 1330. The highest BCUT2D eigenvalue weighted by Gasteiger charge is 2.34. The van der Waals surface area contributed by atoms with Crippen molar-refractivity contribution in [2.75, 3.05) is 6.61 Å². The molecule has 1 aliphatic rings. The van der Waals surface area contributed by atoms with E-state index in [1.807, 2.05) is 6.07 Å². The fourth-order valence-corrected chi connectivity index (χ4v) is 4.07. The predicted octanol–water partition coefficient (Wildman–Crippen LogP) is 6.10. The Labute approximate surface area is 207 Å². The molecule has 2 N–H and O–H groups in total. The average molecular weight is 493 g/mol. The molecular weight excluding hydrogens is 471 g/mol. The lowest BCUT2D eigenvalue weighted by Gasteiger charge is -2.27. The number of allylic oxidation sites excluding steroid dienone is 1. The highest BCUT2D eigenvalue weighted by Crippen LogP contribution is 2.46. The molecule has 4 rings (SSSR count). The molecule has 0 aromatic heterocycles. The lowest BCUT2D eigenvalue weighted by molar-refractivity contribution is 0.0734. The maximum Gasteiger partial charge on any atom is 0.343 e. The van der Waals surface area contributed by atoms with E-state index in [9.17, 15) is 14.4 Å². The fraction of sp³-hybridized carbons (Fsp3) is 0.185. The topological polar surface area (TPSA) is 94.6 Å². The van der Waals surface area contributed by atoms with Crippen LogP contribution in [0.5, 0.6) is 17.2 Å². The van der Waals surface area contributed by atoms with Crippen LogP contribution >= 0.6 is 11.6 Å². The third kappa shape index (κ3) is 5.08. The second kappa shape index (κ2) is 10.5. The van der Waals surface area contributed by atoms with E-state index in [0.29, 0.717) is 23.5 Å². The van der Waals surface area contributed by atoms with Crippen LogP contribution in [-0.4, -0.2) is 12.6 Å². The van der Waals surface area contributed by atoms with Crippen LogP contribution in [0.15, 0.2) is 72.1 Å². The molecule has 0 spiro atoms. The minimum atomic E-state index is -0.876. The molecule has 1 atom stereocenters. The van der Waals surface area contributed by atoms with Crippen LogP contribution in [0.25, 0.3) is 0 Å². The molecule has 6 nitrogen and oxygen atoms in total. The number of hydrogen-bond acceptors (Lipinski definition) is 6. The fourth-order valence-electron chi connectivity index (χ4n) is 3.80. The van der Waals surface area contributed by atoms with Crippen LogP contribution < -0.4 is 19.9 Å². The summed E-state index contributed by atoms with van der Waals surface area (Å²) >= 11 is 6.29. The van der Waals surface area contributed by atoms with Gasteiger partial charge in [-0.1, -0.05) is 43.1 Å². The summed E-state index contributed by atoms with van der Waals surface area (Å²) in [5.41, 5.74) is 6.92. The lowest BCUT2D eigenvalue weighted by atomic mass is 9.83. The molecule has 0 radical (unpaired) electrons. The number of esters is 1. The molecule has 8 heteroatoms. The maximum atomic E-state index is 14.8. The van der Waals surface area contributed by atoms with E-state index in [4.69, 9.17) is 31.5 Å². The van der Waals surface area contributed by atoms with Gasteiger partial charge in [-0.3, -0.25) is 0 Å². The molecule has 0 amide bonds. The van der Waals surface area contributed by atoms with Crippen molar-refractivity contribution in [3.05, 3.63) is 99.7 Å². The van der Waals surface area contributed by atoms with Gasteiger partial charge in [0.05, 0.1) is 18.1 Å². The molecule has 0 bridgehead atoms. The number of nitrogens with zero attached hydrogens (tertiary/aromatic N) is 1. The number of rotatable bonds is 7. The van der Waals surface area contributed by atoms with E-state index in [1.165, 1.54) is 24.3 Å². The molecule has 0 aliphatic carbocycles. The van der Waals surface area contributed by atoms with Crippen molar-refractivity contribution in [1.29, 1.82) is 5.26 Å². The quantitative estimate of drug-likeness (QED) is 0.243. The van der Waals surface area contributed by atoms with Crippen LogP contribution in [0.1, 0.15) is 47.2 Å². The summed E-state index contributed by atoms with van der Waals surface area (Å²) in [6, 6.07) is 17.6. The van der Waals surface area contributed by atoms with Crippen LogP contribution in [0.3, 0.4) is 0 Å².